The smallest absolute Gasteiger partial charge is 0.314 e. The number of amides is 3. The van der Waals surface area contributed by atoms with Gasteiger partial charge in [-0.1, -0.05) is 12.1 Å². The molecular formula is C31H44N6O5. The Balaban J connectivity index is 1.25. The van der Waals surface area contributed by atoms with Crippen LogP contribution in [0.15, 0.2) is 42.5 Å². The van der Waals surface area contributed by atoms with Gasteiger partial charge < -0.3 is 40.0 Å². The van der Waals surface area contributed by atoms with E-state index in [1.807, 2.05) is 41.3 Å². The number of imidazole rings is 1. The summed E-state index contributed by atoms with van der Waals surface area (Å²) < 4.78 is 18.2. The van der Waals surface area contributed by atoms with Gasteiger partial charge in [0.25, 0.3) is 0 Å². The molecule has 1 aromatic heterocycles. The number of para-hydroxylation sites is 2. The van der Waals surface area contributed by atoms with Gasteiger partial charge in [0.1, 0.15) is 17.3 Å². The van der Waals surface area contributed by atoms with E-state index in [1.54, 1.807) is 21.3 Å². The number of methoxy groups -OCH3 is 3. The first-order valence-corrected chi connectivity index (χ1v) is 14.6. The second kappa shape index (κ2) is 15.4. The summed E-state index contributed by atoms with van der Waals surface area (Å²) in [6, 6.07) is 12.9. The molecular weight excluding hydrogens is 536 g/mol. The predicted molar refractivity (Wildman–Crippen MR) is 162 cm³/mol. The van der Waals surface area contributed by atoms with Gasteiger partial charge in [-0.05, 0) is 61.6 Å². The molecule has 1 aliphatic rings. The van der Waals surface area contributed by atoms with E-state index >= 15 is 0 Å². The van der Waals surface area contributed by atoms with Crippen LogP contribution in [0.5, 0.6) is 11.5 Å². The molecule has 42 heavy (non-hydrogen) atoms. The molecule has 0 bridgehead atoms. The number of nitrogens with two attached hydrogens (primary N) is 1. The molecule has 4 rings (SSSR count). The maximum Gasteiger partial charge on any atom is 0.314 e. The first-order valence-electron chi connectivity index (χ1n) is 14.6. The Labute approximate surface area is 247 Å². The lowest BCUT2D eigenvalue weighted by atomic mass is 9.96. The monoisotopic (exact) mass is 580 g/mol. The summed E-state index contributed by atoms with van der Waals surface area (Å²) in [5.74, 6) is 2.65. The largest absolute Gasteiger partial charge is 0.497 e. The van der Waals surface area contributed by atoms with Crippen LogP contribution in [-0.2, 0) is 22.5 Å². The summed E-state index contributed by atoms with van der Waals surface area (Å²) in [4.78, 5) is 32.4. The maximum absolute atomic E-state index is 13.2. The van der Waals surface area contributed by atoms with Gasteiger partial charge in [-0.25, -0.2) is 9.78 Å². The number of hydrogen-bond donors (Lipinski definition) is 3. The molecule has 1 aliphatic heterocycles. The summed E-state index contributed by atoms with van der Waals surface area (Å²) >= 11 is 0. The number of rotatable bonds is 14. The minimum absolute atomic E-state index is 0.00146. The summed E-state index contributed by atoms with van der Waals surface area (Å²) in [7, 11) is 4.93. The van der Waals surface area contributed by atoms with Gasteiger partial charge in [0, 0.05) is 64.8 Å². The summed E-state index contributed by atoms with van der Waals surface area (Å²) in [5.41, 5.74) is 9.28. The number of aryl methyl sites for hydroxylation is 1. The summed E-state index contributed by atoms with van der Waals surface area (Å²) in [5, 5.41) is 5.62. The fraction of sp³-hybridized carbons (Fsp3) is 0.516. The molecule has 1 saturated heterocycles. The third-order valence-corrected chi connectivity index (χ3v) is 7.68. The first kappa shape index (κ1) is 31.1. The van der Waals surface area contributed by atoms with Crippen molar-refractivity contribution < 1.29 is 23.8 Å². The summed E-state index contributed by atoms with van der Waals surface area (Å²) in [6.45, 7) is 3.43. The van der Waals surface area contributed by atoms with Crippen LogP contribution >= 0.6 is 0 Å². The molecule has 3 amide bonds. The molecule has 2 atom stereocenters. The van der Waals surface area contributed by atoms with Crippen molar-refractivity contribution in [3.05, 3.63) is 53.9 Å². The number of fused-ring (bicyclic) bond motifs is 1. The molecule has 11 heteroatoms. The zero-order valence-corrected chi connectivity index (χ0v) is 24.9. The highest BCUT2D eigenvalue weighted by molar-refractivity contribution is 5.78. The Morgan fingerprint density at radius 1 is 1.12 bits per heavy atom. The highest BCUT2D eigenvalue weighted by Crippen LogP contribution is 2.30. The quantitative estimate of drug-likeness (QED) is 0.250. The molecule has 2 unspecified atom stereocenters. The fourth-order valence-electron chi connectivity index (χ4n) is 5.52. The standard InChI is InChI=1S/C31H44N6O5/c1-40-17-7-16-37-27-10-5-4-9-26(27)35-30(37)23-8-6-15-36(21-23)29(38)19-24(32)20-34-31(39)33-14-13-22-18-25(41-2)11-12-28(22)42-3/h4-5,9-12,18,23-24H,6-8,13-17,19-21,32H2,1-3H3,(H2,33,34,39). The van der Waals surface area contributed by atoms with Gasteiger partial charge in [0.2, 0.25) is 5.91 Å². The Morgan fingerprint density at radius 3 is 2.74 bits per heavy atom. The predicted octanol–water partition coefficient (Wildman–Crippen LogP) is 3.06. The lowest BCUT2D eigenvalue weighted by molar-refractivity contribution is -0.132. The Bertz CT molecular complexity index is 1330. The third kappa shape index (κ3) is 8.13. The van der Waals surface area contributed by atoms with Crippen LogP contribution in [0.4, 0.5) is 4.79 Å². The van der Waals surface area contributed by atoms with Crippen LogP contribution in [0.25, 0.3) is 11.0 Å². The molecule has 0 aliphatic carbocycles. The van der Waals surface area contributed by atoms with E-state index in [0.717, 1.165) is 59.7 Å². The molecule has 3 aromatic rings. The number of benzene rings is 2. The molecule has 11 nitrogen and oxygen atoms in total. The van der Waals surface area contributed by atoms with Crippen molar-refractivity contribution in [3.63, 3.8) is 0 Å². The van der Waals surface area contributed by atoms with Gasteiger partial charge in [-0.3, -0.25) is 4.79 Å². The molecule has 228 valence electrons. The zero-order valence-electron chi connectivity index (χ0n) is 24.9. The van der Waals surface area contributed by atoms with Gasteiger partial charge in [-0.15, -0.1) is 0 Å². The maximum atomic E-state index is 13.2. The number of carbonyl (C=O) groups is 2. The van der Waals surface area contributed by atoms with E-state index in [-0.39, 0.29) is 30.8 Å². The van der Waals surface area contributed by atoms with Crippen LogP contribution in [0, 0.1) is 0 Å². The van der Waals surface area contributed by atoms with Gasteiger partial charge in [0.05, 0.1) is 25.3 Å². The number of carbonyl (C=O) groups excluding carboxylic acids is 2. The van der Waals surface area contributed by atoms with E-state index in [0.29, 0.717) is 32.7 Å². The van der Waals surface area contributed by atoms with Crippen molar-refractivity contribution in [1.82, 2.24) is 25.1 Å². The number of nitrogens with one attached hydrogen (secondary N) is 2. The second-order valence-electron chi connectivity index (χ2n) is 10.7. The molecule has 0 spiro atoms. The van der Waals surface area contributed by atoms with Crippen LogP contribution in [-0.4, -0.2) is 86.5 Å². The highest BCUT2D eigenvalue weighted by Gasteiger charge is 2.29. The number of likely N-dealkylation sites (tertiary alicyclic amines) is 1. The minimum Gasteiger partial charge on any atom is -0.497 e. The van der Waals surface area contributed by atoms with Crippen LogP contribution in [0.1, 0.15) is 43.0 Å². The van der Waals surface area contributed by atoms with Crippen molar-refractivity contribution in [2.75, 3.05) is 54.1 Å². The van der Waals surface area contributed by atoms with E-state index in [4.69, 9.17) is 24.9 Å². The highest BCUT2D eigenvalue weighted by atomic mass is 16.5. The SMILES string of the molecule is COCCCn1c(C2CCCN(C(=O)CC(N)CNC(=O)NCCc3cc(OC)ccc3OC)C2)nc2ccccc21. The number of urea groups is 1. The minimum atomic E-state index is -0.485. The Kier molecular flexibility index (Phi) is 11.4. The second-order valence-corrected chi connectivity index (χ2v) is 10.7. The number of aromatic nitrogens is 2. The number of nitrogens with zero attached hydrogens (tertiary/aromatic N) is 3. The van der Waals surface area contributed by atoms with Crippen molar-refractivity contribution >= 4 is 23.0 Å². The molecule has 0 saturated carbocycles. The average molecular weight is 581 g/mol. The van der Waals surface area contributed by atoms with Gasteiger partial charge >= 0.3 is 6.03 Å². The van der Waals surface area contributed by atoms with E-state index in [2.05, 4.69) is 21.3 Å². The van der Waals surface area contributed by atoms with E-state index in [1.165, 1.54) is 0 Å². The molecule has 0 radical (unpaired) electrons. The van der Waals surface area contributed by atoms with Crippen LogP contribution in [0.3, 0.4) is 0 Å². The molecule has 2 heterocycles. The molecule has 2 aromatic carbocycles. The van der Waals surface area contributed by atoms with Crippen molar-refractivity contribution in [2.24, 2.45) is 5.73 Å². The van der Waals surface area contributed by atoms with E-state index in [9.17, 15) is 9.59 Å². The lowest BCUT2D eigenvalue weighted by Gasteiger charge is -2.33. The Hall–Kier alpha value is -3.83. The molecule has 1 fully saturated rings. The average Bonchev–Trinajstić information content (AvgIpc) is 3.38. The fourth-order valence-corrected chi connectivity index (χ4v) is 5.52. The van der Waals surface area contributed by atoms with Crippen LogP contribution in [0.2, 0.25) is 0 Å². The number of piperidine rings is 1. The van der Waals surface area contributed by atoms with Crippen LogP contribution < -0.4 is 25.8 Å². The van der Waals surface area contributed by atoms with Crippen molar-refractivity contribution in [1.29, 1.82) is 0 Å². The Morgan fingerprint density at radius 2 is 1.95 bits per heavy atom. The van der Waals surface area contributed by atoms with E-state index < -0.39 is 6.04 Å². The topological polar surface area (TPSA) is 133 Å². The number of ether oxygens (including phenoxy) is 3. The number of hydrogen-bond acceptors (Lipinski definition) is 7. The van der Waals surface area contributed by atoms with Crippen molar-refractivity contribution in [2.45, 2.75) is 50.6 Å². The lowest BCUT2D eigenvalue weighted by Crippen LogP contribution is -2.46. The first-order chi connectivity index (χ1) is 20.4. The van der Waals surface area contributed by atoms with Crippen molar-refractivity contribution in [3.8, 4) is 11.5 Å². The molecule has 4 N–H and O–H groups in total. The zero-order chi connectivity index (χ0) is 29.9. The summed E-state index contributed by atoms with van der Waals surface area (Å²) in [6.07, 6.45) is 3.52. The normalized spacial score (nSPS) is 15.8. The third-order valence-electron chi connectivity index (χ3n) is 7.68. The van der Waals surface area contributed by atoms with Gasteiger partial charge in [0.15, 0.2) is 0 Å². The van der Waals surface area contributed by atoms with Gasteiger partial charge in [-0.2, -0.15) is 0 Å².